The first-order valence-corrected chi connectivity index (χ1v) is 6.23. The van der Waals surface area contributed by atoms with E-state index in [2.05, 4.69) is 25.7 Å². The smallest absolute Gasteiger partial charge is 0.285 e. The Balaban J connectivity index is 2.25. The summed E-state index contributed by atoms with van der Waals surface area (Å²) in [5.74, 6) is 0.554. The second kappa shape index (κ2) is 6.56. The number of ether oxygens (including phenoxy) is 1. The van der Waals surface area contributed by atoms with Crippen LogP contribution in [0.2, 0.25) is 0 Å². The predicted molar refractivity (Wildman–Crippen MR) is 64.9 cm³/mol. The molecule has 1 fully saturated rings. The van der Waals surface area contributed by atoms with E-state index in [4.69, 9.17) is 4.74 Å². The molecule has 1 aliphatic rings. The minimum absolute atomic E-state index is 0.167. The van der Waals surface area contributed by atoms with Gasteiger partial charge in [-0.25, -0.2) is 0 Å². The first-order chi connectivity index (χ1) is 7.59. The number of amides is 1. The molecule has 0 aromatic heterocycles. The van der Waals surface area contributed by atoms with Crippen LogP contribution in [0.4, 0.5) is 0 Å². The highest BCUT2D eigenvalue weighted by Gasteiger charge is 2.18. The molecule has 1 N–H and O–H groups in total. The van der Waals surface area contributed by atoms with Gasteiger partial charge in [0, 0.05) is 6.54 Å². The molecule has 1 rings (SSSR count). The summed E-state index contributed by atoms with van der Waals surface area (Å²) in [5.41, 5.74) is 0. The Morgan fingerprint density at radius 2 is 2.00 bits per heavy atom. The van der Waals surface area contributed by atoms with E-state index in [1.54, 1.807) is 0 Å². The van der Waals surface area contributed by atoms with E-state index in [1.807, 2.05) is 0 Å². The van der Waals surface area contributed by atoms with Crippen LogP contribution in [-0.4, -0.2) is 18.6 Å². The van der Waals surface area contributed by atoms with Gasteiger partial charge in [0.15, 0.2) is 5.76 Å². The topological polar surface area (TPSA) is 38.3 Å². The number of carbonyl (C=O) groups is 1. The third-order valence-electron chi connectivity index (χ3n) is 2.79. The summed E-state index contributed by atoms with van der Waals surface area (Å²) < 4.78 is 5.58. The third kappa shape index (κ3) is 4.69. The van der Waals surface area contributed by atoms with Gasteiger partial charge in [-0.3, -0.25) is 4.79 Å². The first kappa shape index (κ1) is 13.1. The number of nitrogens with one attached hydrogen (secondary N) is 1. The van der Waals surface area contributed by atoms with Crippen LogP contribution in [0.25, 0.3) is 0 Å². The molecule has 0 radical (unpaired) electrons. The molecule has 0 spiro atoms. The van der Waals surface area contributed by atoms with Gasteiger partial charge in [0.2, 0.25) is 0 Å². The molecular formula is C13H23NO2. The Morgan fingerprint density at radius 3 is 2.56 bits per heavy atom. The highest BCUT2D eigenvalue weighted by atomic mass is 16.5. The number of hydrogen-bond acceptors (Lipinski definition) is 2. The van der Waals surface area contributed by atoms with Crippen molar-refractivity contribution in [3.63, 3.8) is 0 Å². The van der Waals surface area contributed by atoms with Crippen molar-refractivity contribution in [2.45, 2.75) is 52.1 Å². The van der Waals surface area contributed by atoms with Crippen molar-refractivity contribution in [2.24, 2.45) is 5.92 Å². The van der Waals surface area contributed by atoms with Gasteiger partial charge in [-0.2, -0.15) is 0 Å². The molecule has 0 saturated heterocycles. The Kier molecular flexibility index (Phi) is 5.36. The van der Waals surface area contributed by atoms with Crippen LogP contribution in [0.5, 0.6) is 0 Å². The van der Waals surface area contributed by atoms with E-state index in [1.165, 1.54) is 19.3 Å². The van der Waals surface area contributed by atoms with Crippen LogP contribution in [0, 0.1) is 5.92 Å². The lowest BCUT2D eigenvalue weighted by Crippen LogP contribution is -2.31. The van der Waals surface area contributed by atoms with E-state index in [-0.39, 0.29) is 17.8 Å². The zero-order valence-corrected chi connectivity index (χ0v) is 10.4. The molecule has 0 bridgehead atoms. The van der Waals surface area contributed by atoms with Gasteiger partial charge in [0.25, 0.3) is 5.91 Å². The van der Waals surface area contributed by atoms with Crippen LogP contribution >= 0.6 is 0 Å². The summed E-state index contributed by atoms with van der Waals surface area (Å²) >= 11 is 0. The monoisotopic (exact) mass is 225 g/mol. The molecule has 0 aliphatic heterocycles. The molecule has 0 aromatic carbocycles. The van der Waals surface area contributed by atoms with Crippen molar-refractivity contribution in [3.8, 4) is 0 Å². The molecule has 1 aliphatic carbocycles. The van der Waals surface area contributed by atoms with Crippen molar-refractivity contribution in [1.82, 2.24) is 5.32 Å². The largest absolute Gasteiger partial charge is 0.485 e. The van der Waals surface area contributed by atoms with Gasteiger partial charge in [-0.15, -0.1) is 0 Å². The van der Waals surface area contributed by atoms with Crippen molar-refractivity contribution in [1.29, 1.82) is 0 Å². The Labute approximate surface area is 98.2 Å². The molecule has 0 heterocycles. The Hall–Kier alpha value is -0.990. The highest BCUT2D eigenvalue weighted by Crippen LogP contribution is 2.21. The zero-order chi connectivity index (χ0) is 12.0. The minimum Gasteiger partial charge on any atom is -0.485 e. The maximum atomic E-state index is 11.6. The summed E-state index contributed by atoms with van der Waals surface area (Å²) in [6.45, 7) is 8.49. The van der Waals surface area contributed by atoms with Crippen molar-refractivity contribution >= 4 is 5.91 Å². The molecule has 3 heteroatoms. The highest BCUT2D eigenvalue weighted by molar-refractivity contribution is 5.90. The SMILES string of the molecule is C=C(OC1CCCCC1)C(=O)NCC(C)C. The van der Waals surface area contributed by atoms with Crippen LogP contribution in [0.15, 0.2) is 12.3 Å². The van der Waals surface area contributed by atoms with Crippen LogP contribution in [0.3, 0.4) is 0 Å². The lowest BCUT2D eigenvalue weighted by atomic mass is 9.98. The quantitative estimate of drug-likeness (QED) is 0.577. The summed E-state index contributed by atoms with van der Waals surface area (Å²) in [6, 6.07) is 0. The van der Waals surface area contributed by atoms with Crippen LogP contribution in [-0.2, 0) is 9.53 Å². The lowest BCUT2D eigenvalue weighted by molar-refractivity contribution is -0.122. The summed E-state index contributed by atoms with van der Waals surface area (Å²) in [7, 11) is 0. The second-order valence-corrected chi connectivity index (χ2v) is 4.90. The van der Waals surface area contributed by atoms with E-state index >= 15 is 0 Å². The lowest BCUT2D eigenvalue weighted by Gasteiger charge is -2.23. The Bertz CT molecular complexity index is 242. The number of hydrogen-bond donors (Lipinski definition) is 1. The minimum atomic E-state index is -0.167. The summed E-state index contributed by atoms with van der Waals surface area (Å²) in [4.78, 5) is 11.6. The van der Waals surface area contributed by atoms with Gasteiger partial charge in [-0.05, 0) is 31.6 Å². The van der Waals surface area contributed by atoms with Crippen molar-refractivity contribution < 1.29 is 9.53 Å². The second-order valence-electron chi connectivity index (χ2n) is 4.90. The van der Waals surface area contributed by atoms with E-state index in [9.17, 15) is 4.79 Å². The maximum Gasteiger partial charge on any atom is 0.285 e. The van der Waals surface area contributed by atoms with Crippen LogP contribution < -0.4 is 5.32 Å². The predicted octanol–water partition coefficient (Wildman–Crippen LogP) is 2.62. The van der Waals surface area contributed by atoms with Gasteiger partial charge in [-0.1, -0.05) is 26.8 Å². The van der Waals surface area contributed by atoms with Gasteiger partial charge in [0.1, 0.15) is 0 Å². The van der Waals surface area contributed by atoms with Gasteiger partial charge < -0.3 is 10.1 Å². The average molecular weight is 225 g/mol. The Morgan fingerprint density at radius 1 is 1.38 bits per heavy atom. The fourth-order valence-corrected chi connectivity index (χ4v) is 1.83. The van der Waals surface area contributed by atoms with Crippen molar-refractivity contribution in [3.05, 3.63) is 12.3 Å². The molecule has 0 atom stereocenters. The van der Waals surface area contributed by atoms with E-state index < -0.39 is 0 Å². The fraction of sp³-hybridized carbons (Fsp3) is 0.769. The summed E-state index contributed by atoms with van der Waals surface area (Å²) in [5, 5.41) is 2.81. The molecule has 0 unspecified atom stereocenters. The van der Waals surface area contributed by atoms with Crippen LogP contribution in [0.1, 0.15) is 46.0 Å². The molecule has 16 heavy (non-hydrogen) atoms. The standard InChI is InChI=1S/C13H23NO2/c1-10(2)9-14-13(15)11(3)16-12-7-5-4-6-8-12/h10,12H,3-9H2,1-2H3,(H,14,15). The number of carbonyl (C=O) groups excluding carboxylic acids is 1. The maximum absolute atomic E-state index is 11.6. The van der Waals surface area contributed by atoms with E-state index in [0.29, 0.717) is 12.5 Å². The molecule has 1 amide bonds. The van der Waals surface area contributed by atoms with E-state index in [0.717, 1.165) is 12.8 Å². The zero-order valence-electron chi connectivity index (χ0n) is 10.4. The molecule has 1 saturated carbocycles. The summed E-state index contributed by atoms with van der Waals surface area (Å²) in [6.07, 6.45) is 5.99. The average Bonchev–Trinajstić information content (AvgIpc) is 2.27. The first-order valence-electron chi connectivity index (χ1n) is 6.23. The molecule has 3 nitrogen and oxygen atoms in total. The number of rotatable bonds is 5. The molecule has 0 aromatic rings. The fourth-order valence-electron chi connectivity index (χ4n) is 1.83. The van der Waals surface area contributed by atoms with Gasteiger partial charge in [0.05, 0.1) is 6.10 Å². The molecular weight excluding hydrogens is 202 g/mol. The molecule has 92 valence electrons. The van der Waals surface area contributed by atoms with Crippen molar-refractivity contribution in [2.75, 3.05) is 6.54 Å². The third-order valence-corrected chi connectivity index (χ3v) is 2.79. The normalized spacial score (nSPS) is 17.2. The van der Waals surface area contributed by atoms with Gasteiger partial charge >= 0.3 is 0 Å².